The van der Waals surface area contributed by atoms with Crippen molar-refractivity contribution < 1.29 is 23.0 Å². The summed E-state index contributed by atoms with van der Waals surface area (Å²) >= 11 is 0. The highest BCUT2D eigenvalue weighted by Gasteiger charge is 2.28. The van der Waals surface area contributed by atoms with Crippen molar-refractivity contribution in [3.8, 4) is 5.75 Å². The minimum atomic E-state index is -2.75. The number of nitrogens with zero attached hydrogens (tertiary/aromatic N) is 3. The number of hydrogen-bond donors (Lipinski definition) is 1. The van der Waals surface area contributed by atoms with Crippen LogP contribution in [0.5, 0.6) is 5.75 Å². The van der Waals surface area contributed by atoms with E-state index < -0.39 is 18.0 Å². The number of carbonyl (C=O) groups is 1. The quantitative estimate of drug-likeness (QED) is 0.656. The lowest BCUT2D eigenvalue weighted by molar-refractivity contribution is 0.102. The van der Waals surface area contributed by atoms with Gasteiger partial charge >= 0.3 is 0 Å². The fourth-order valence-corrected chi connectivity index (χ4v) is 3.53. The van der Waals surface area contributed by atoms with E-state index in [1.807, 2.05) is 13.1 Å². The molecule has 1 amide bonds. The van der Waals surface area contributed by atoms with Gasteiger partial charge in [-0.1, -0.05) is 13.0 Å². The second-order valence-electron chi connectivity index (χ2n) is 7.25. The summed E-state index contributed by atoms with van der Waals surface area (Å²) in [6.45, 7) is 5.72. The van der Waals surface area contributed by atoms with Gasteiger partial charge in [-0.25, -0.2) is 18.7 Å². The van der Waals surface area contributed by atoms with Crippen LogP contribution in [0.2, 0.25) is 0 Å². The van der Waals surface area contributed by atoms with Crippen molar-refractivity contribution in [1.29, 1.82) is 0 Å². The van der Waals surface area contributed by atoms with Gasteiger partial charge in [-0.3, -0.25) is 4.79 Å². The molecule has 1 saturated heterocycles. The number of hydrogen-bond acceptors (Lipinski definition) is 5. The Bertz CT molecular complexity index is 1070. The third-order valence-corrected chi connectivity index (χ3v) is 5.07. The van der Waals surface area contributed by atoms with Crippen LogP contribution in [0, 0.1) is 5.92 Å². The average Bonchev–Trinajstić information content (AvgIpc) is 3.34. The van der Waals surface area contributed by atoms with E-state index in [9.17, 15) is 13.6 Å². The number of aromatic nitrogens is 3. The lowest BCUT2D eigenvalue weighted by Crippen LogP contribution is -2.15. The second-order valence-corrected chi connectivity index (χ2v) is 7.25. The molecule has 158 valence electrons. The van der Waals surface area contributed by atoms with E-state index in [1.165, 1.54) is 18.2 Å². The third kappa shape index (κ3) is 3.97. The highest BCUT2D eigenvalue weighted by molar-refractivity contribution is 6.03. The number of nitrogens with one attached hydrogen (secondary N) is 1. The van der Waals surface area contributed by atoms with Crippen LogP contribution in [0.3, 0.4) is 0 Å². The number of pyridine rings is 2. The summed E-state index contributed by atoms with van der Waals surface area (Å²) in [7, 11) is 0. The van der Waals surface area contributed by atoms with Crippen molar-refractivity contribution in [2.24, 2.45) is 5.92 Å². The lowest BCUT2D eigenvalue weighted by atomic mass is 9.95. The number of imidazole rings is 1. The Morgan fingerprint density at radius 2 is 2.17 bits per heavy atom. The van der Waals surface area contributed by atoms with Crippen molar-refractivity contribution in [1.82, 2.24) is 14.4 Å². The van der Waals surface area contributed by atoms with Crippen LogP contribution in [0.15, 0.2) is 36.7 Å². The maximum Gasteiger partial charge on any atom is 0.280 e. The topological polar surface area (TPSA) is 77.8 Å². The normalized spacial score (nSPS) is 18.8. The first-order chi connectivity index (χ1) is 14.5. The van der Waals surface area contributed by atoms with E-state index >= 15 is 0 Å². The van der Waals surface area contributed by atoms with Gasteiger partial charge in [-0.15, -0.1) is 0 Å². The lowest BCUT2D eigenvalue weighted by Gasteiger charge is -2.10. The van der Waals surface area contributed by atoms with Crippen LogP contribution in [0.25, 0.3) is 5.65 Å². The van der Waals surface area contributed by atoms with E-state index in [1.54, 1.807) is 16.7 Å². The molecule has 1 N–H and O–H groups in total. The first kappa shape index (κ1) is 20.2. The summed E-state index contributed by atoms with van der Waals surface area (Å²) in [5.74, 6) is 0.483. The molecule has 1 aliphatic heterocycles. The highest BCUT2D eigenvalue weighted by Crippen LogP contribution is 2.32. The molecule has 3 aromatic heterocycles. The summed E-state index contributed by atoms with van der Waals surface area (Å²) in [6.07, 6.45) is 0.868. The van der Waals surface area contributed by atoms with Crippen molar-refractivity contribution in [3.05, 3.63) is 53.7 Å². The maximum atomic E-state index is 12.9. The Kier molecular flexibility index (Phi) is 5.63. The van der Waals surface area contributed by atoms with Crippen LogP contribution >= 0.6 is 0 Å². The molecular weight excluding hydrogens is 394 g/mol. The van der Waals surface area contributed by atoms with Gasteiger partial charge in [0, 0.05) is 31.0 Å². The number of halogens is 2. The predicted molar refractivity (Wildman–Crippen MR) is 106 cm³/mol. The van der Waals surface area contributed by atoms with Gasteiger partial charge in [0.05, 0.1) is 24.6 Å². The van der Waals surface area contributed by atoms with Gasteiger partial charge < -0.3 is 19.2 Å². The molecular formula is C21H22F2N4O3. The van der Waals surface area contributed by atoms with Gasteiger partial charge in [0.1, 0.15) is 11.4 Å². The standard InChI is InChI=1S/C21H22F2N4O3/c1-3-30-18-7-13(24-21(28)16-6-4-5-15(25-16)19(22)23)8-27-9-17(26-20(18)27)14-11-29-10-12(14)2/h4-9,12,14,19H,3,10-11H2,1-2H3,(H,24,28)/t12-,14+/m0/s1. The average molecular weight is 416 g/mol. The first-order valence-corrected chi connectivity index (χ1v) is 9.76. The molecule has 0 aromatic carbocycles. The summed E-state index contributed by atoms with van der Waals surface area (Å²) in [5.41, 5.74) is 1.45. The Labute approximate surface area is 172 Å². The van der Waals surface area contributed by atoms with Crippen LogP contribution in [-0.2, 0) is 4.74 Å². The molecule has 0 unspecified atom stereocenters. The van der Waals surface area contributed by atoms with E-state index in [0.29, 0.717) is 42.8 Å². The molecule has 0 spiro atoms. The molecule has 1 fully saturated rings. The zero-order chi connectivity index (χ0) is 21.3. The number of carbonyl (C=O) groups excluding carboxylic acids is 1. The Morgan fingerprint density at radius 1 is 1.33 bits per heavy atom. The Morgan fingerprint density at radius 3 is 2.87 bits per heavy atom. The molecule has 0 radical (unpaired) electrons. The SMILES string of the molecule is CCOc1cc(NC(=O)c2cccc(C(F)F)n2)cn2cc([C@@H]3COC[C@@H]3C)nc12. The molecule has 0 aliphatic carbocycles. The fourth-order valence-electron chi connectivity index (χ4n) is 3.53. The fraction of sp³-hybridized carbons (Fsp3) is 0.381. The highest BCUT2D eigenvalue weighted by atomic mass is 19.3. The van der Waals surface area contributed by atoms with Crippen molar-refractivity contribution in [3.63, 3.8) is 0 Å². The zero-order valence-electron chi connectivity index (χ0n) is 16.6. The molecule has 3 aromatic rings. The molecule has 1 aliphatic rings. The Hall–Kier alpha value is -3.07. The van der Waals surface area contributed by atoms with Crippen molar-refractivity contribution >= 4 is 17.2 Å². The van der Waals surface area contributed by atoms with Gasteiger partial charge in [-0.2, -0.15) is 0 Å². The number of rotatable bonds is 6. The van der Waals surface area contributed by atoms with Crippen LogP contribution in [-0.4, -0.2) is 40.1 Å². The minimum absolute atomic E-state index is 0.0888. The number of ether oxygens (including phenoxy) is 2. The number of amides is 1. The molecule has 2 atom stereocenters. The summed E-state index contributed by atoms with van der Waals surface area (Å²) in [6, 6.07) is 5.62. The predicted octanol–water partition coefficient (Wildman–Crippen LogP) is 4.07. The molecule has 30 heavy (non-hydrogen) atoms. The minimum Gasteiger partial charge on any atom is -0.490 e. The summed E-state index contributed by atoms with van der Waals surface area (Å²) in [4.78, 5) is 21.0. The zero-order valence-corrected chi connectivity index (χ0v) is 16.6. The number of alkyl halides is 2. The second kappa shape index (κ2) is 8.35. The first-order valence-electron chi connectivity index (χ1n) is 9.76. The number of anilines is 1. The molecule has 4 heterocycles. The molecule has 4 rings (SSSR count). The Balaban J connectivity index is 1.65. The summed E-state index contributed by atoms with van der Waals surface area (Å²) in [5, 5.41) is 2.70. The molecule has 9 heteroatoms. The van der Waals surface area contributed by atoms with Crippen molar-refractivity contribution in [2.75, 3.05) is 25.1 Å². The largest absolute Gasteiger partial charge is 0.490 e. The van der Waals surface area contributed by atoms with E-state index in [2.05, 4.69) is 17.2 Å². The molecule has 0 bridgehead atoms. The smallest absolute Gasteiger partial charge is 0.280 e. The summed E-state index contributed by atoms with van der Waals surface area (Å²) < 4.78 is 38.8. The van der Waals surface area contributed by atoms with Crippen molar-refractivity contribution in [2.45, 2.75) is 26.2 Å². The van der Waals surface area contributed by atoms with Crippen LogP contribution in [0.1, 0.15) is 48.1 Å². The van der Waals surface area contributed by atoms with Gasteiger partial charge in [0.25, 0.3) is 12.3 Å². The van der Waals surface area contributed by atoms with Gasteiger partial charge in [0.15, 0.2) is 11.4 Å². The number of fused-ring (bicyclic) bond motifs is 1. The van der Waals surface area contributed by atoms with Crippen LogP contribution < -0.4 is 10.1 Å². The van der Waals surface area contributed by atoms with E-state index in [4.69, 9.17) is 14.5 Å². The van der Waals surface area contributed by atoms with Gasteiger partial charge in [-0.05, 0) is 25.0 Å². The van der Waals surface area contributed by atoms with Crippen LogP contribution in [0.4, 0.5) is 14.5 Å². The van der Waals surface area contributed by atoms with E-state index in [-0.39, 0.29) is 11.6 Å². The maximum absolute atomic E-state index is 12.9. The molecule has 7 nitrogen and oxygen atoms in total. The molecule has 0 saturated carbocycles. The monoisotopic (exact) mass is 416 g/mol. The van der Waals surface area contributed by atoms with Gasteiger partial charge in [0.2, 0.25) is 0 Å². The third-order valence-electron chi connectivity index (χ3n) is 5.07. The van der Waals surface area contributed by atoms with E-state index in [0.717, 1.165) is 5.69 Å².